The predicted molar refractivity (Wildman–Crippen MR) is 287 cm³/mol. The van der Waals surface area contributed by atoms with E-state index in [2.05, 4.69) is 204 Å². The number of rotatable bonds is 25. The second-order valence-corrected chi connectivity index (χ2v) is 30.8. The average Bonchev–Trinajstić information content (AvgIpc) is 3.30. The molecule has 0 unspecified atom stereocenters. The van der Waals surface area contributed by atoms with E-state index in [4.69, 9.17) is 27.8 Å². The van der Waals surface area contributed by atoms with Crippen molar-refractivity contribution in [3.63, 3.8) is 0 Å². The molecule has 0 aromatic heterocycles. The fraction of sp³-hybridized carbons (Fsp3) is 0.475. The molecule has 0 saturated heterocycles. The Kier molecular flexibility index (Phi) is 21.1. The van der Waals surface area contributed by atoms with Crippen LogP contribution in [0.15, 0.2) is 152 Å². The van der Waals surface area contributed by atoms with Gasteiger partial charge in [0.2, 0.25) is 0 Å². The van der Waals surface area contributed by atoms with Crippen molar-refractivity contribution < 1.29 is 32.6 Å². The van der Waals surface area contributed by atoms with E-state index >= 15 is 0 Å². The minimum Gasteiger partial charge on any atom is -0.497 e. The summed E-state index contributed by atoms with van der Waals surface area (Å²) < 4.78 is 39.3. The maximum absolute atomic E-state index is 12.4. The van der Waals surface area contributed by atoms with Crippen LogP contribution < -0.4 is 4.74 Å². The van der Waals surface area contributed by atoms with Gasteiger partial charge in [-0.3, -0.25) is 0 Å². The van der Waals surface area contributed by atoms with E-state index in [0.717, 1.165) is 28.0 Å². The molecule has 0 N–H and O–H groups in total. The first-order valence-electron chi connectivity index (χ1n) is 24.6. The lowest BCUT2D eigenvalue weighted by atomic mass is 9.80. The van der Waals surface area contributed by atoms with Crippen LogP contribution in [0.4, 0.5) is 0 Å². The summed E-state index contributed by atoms with van der Waals surface area (Å²) in [5, 5.41) is -0.0111. The zero-order valence-electron chi connectivity index (χ0n) is 44.1. The highest BCUT2D eigenvalue weighted by atomic mass is 28.4. The molecule has 4 aromatic carbocycles. The Hall–Kier alpha value is -4.36. The number of methoxy groups -OCH3 is 1. The van der Waals surface area contributed by atoms with Crippen molar-refractivity contribution in [2.45, 2.75) is 142 Å². The lowest BCUT2D eigenvalue weighted by Gasteiger charge is -2.43. The molecular formula is C59H84O7Si2. The highest BCUT2D eigenvalue weighted by Gasteiger charge is 2.43. The highest BCUT2D eigenvalue weighted by Crippen LogP contribution is 2.43. The third kappa shape index (κ3) is 15.8. The largest absolute Gasteiger partial charge is 0.497 e. The number of hydrogen-bond acceptors (Lipinski definition) is 7. The number of carbonyl (C=O) groups is 1. The summed E-state index contributed by atoms with van der Waals surface area (Å²) in [6.07, 6.45) is 12.4. The molecule has 4 aromatic rings. The van der Waals surface area contributed by atoms with Crippen LogP contribution in [-0.4, -0.2) is 61.2 Å². The van der Waals surface area contributed by atoms with Gasteiger partial charge in [0, 0.05) is 24.3 Å². The number of hydrogen-bond donors (Lipinski definition) is 0. The molecule has 0 aliphatic heterocycles. The fourth-order valence-electron chi connectivity index (χ4n) is 7.85. The summed E-state index contributed by atoms with van der Waals surface area (Å²) in [4.78, 5) is 12.4. The van der Waals surface area contributed by atoms with E-state index in [9.17, 15) is 4.79 Å². The van der Waals surface area contributed by atoms with Crippen molar-refractivity contribution in [2.75, 3.05) is 20.3 Å². The molecule has 0 spiro atoms. The molecule has 0 radical (unpaired) electrons. The molecule has 0 amide bonds. The number of benzene rings is 4. The Bertz CT molecular complexity index is 2070. The van der Waals surface area contributed by atoms with Crippen molar-refractivity contribution >= 4 is 22.6 Å². The molecule has 0 heterocycles. The summed E-state index contributed by atoms with van der Waals surface area (Å²) in [6, 6.07) is 39.5. The molecule has 9 heteroatoms. The molecule has 0 aliphatic rings. The Labute approximate surface area is 413 Å². The predicted octanol–water partition coefficient (Wildman–Crippen LogP) is 14.9. The van der Waals surface area contributed by atoms with E-state index in [1.165, 1.54) is 6.08 Å². The van der Waals surface area contributed by atoms with Crippen LogP contribution in [0.25, 0.3) is 0 Å². The van der Waals surface area contributed by atoms with Crippen LogP contribution in [0.3, 0.4) is 0 Å². The Balaban J connectivity index is 1.71. The van der Waals surface area contributed by atoms with E-state index in [1.807, 2.05) is 37.3 Å². The number of ether oxygens (including phenoxy) is 4. The van der Waals surface area contributed by atoms with Crippen molar-refractivity contribution in [2.24, 2.45) is 17.8 Å². The summed E-state index contributed by atoms with van der Waals surface area (Å²) in [5.41, 5.74) is 3.43. The fourth-order valence-corrected chi connectivity index (χ4v) is 10.6. The Morgan fingerprint density at radius 2 is 1.10 bits per heavy atom. The molecule has 0 saturated carbocycles. The number of esters is 1. The van der Waals surface area contributed by atoms with Crippen LogP contribution in [0.5, 0.6) is 5.75 Å². The SMILES string of the molecule is CCOC(=O)C=C[C@H](C)[C@H](OCc1ccc(OC)cc1)[C@@H](C)C=C[C@H](C[C@H](O[Si](C)(C)C(C)(C)C)[C@H](C)C=CCOC(c1ccccc1)(c1ccccc1)c1ccccc1)O[Si](C)(C)C(C)(C)C. The van der Waals surface area contributed by atoms with Gasteiger partial charge in [0.25, 0.3) is 0 Å². The highest BCUT2D eigenvalue weighted by molar-refractivity contribution is 6.74. The minimum atomic E-state index is -2.27. The number of carbonyl (C=O) groups excluding carboxylic acids is 1. The standard InChI is InChI=1S/C59H84O7Si2/c1-16-62-55(60)41-35-47(4)56(63-44-48-36-39-52(61-11)40-37-48)46(3)34-38-53(65-67(12,13)57(5,6)7)43-54(66-68(14,15)58(8,9)10)45(2)27-26-42-64-59(49-28-20-17-21-29-49,50-30-22-18-23-31-50)51-32-24-19-25-33-51/h17-41,45-47,53-54,56H,16,42-44H2,1-15H3/t45-,46+,47+,53-,54+,56-/m1/s1. The molecule has 0 fully saturated rings. The van der Waals surface area contributed by atoms with E-state index in [-0.39, 0.29) is 52.1 Å². The van der Waals surface area contributed by atoms with Gasteiger partial charge in [0.05, 0.1) is 45.2 Å². The third-order valence-corrected chi connectivity index (χ3v) is 23.0. The monoisotopic (exact) mass is 961 g/mol. The zero-order chi connectivity index (χ0) is 50.2. The minimum absolute atomic E-state index is 0.000238. The molecule has 68 heavy (non-hydrogen) atoms. The maximum atomic E-state index is 12.4. The van der Waals surface area contributed by atoms with Gasteiger partial charge in [-0.1, -0.05) is 196 Å². The summed E-state index contributed by atoms with van der Waals surface area (Å²) in [6.45, 7) is 32.6. The lowest BCUT2D eigenvalue weighted by molar-refractivity contribution is -0.137. The van der Waals surface area contributed by atoms with Crippen LogP contribution >= 0.6 is 0 Å². The van der Waals surface area contributed by atoms with Crippen molar-refractivity contribution in [3.05, 3.63) is 174 Å². The van der Waals surface area contributed by atoms with Crippen LogP contribution in [0.1, 0.15) is 97.9 Å². The van der Waals surface area contributed by atoms with Crippen LogP contribution in [-0.2, 0) is 40.1 Å². The van der Waals surface area contributed by atoms with Gasteiger partial charge in [-0.25, -0.2) is 4.79 Å². The zero-order valence-corrected chi connectivity index (χ0v) is 46.1. The molecular weight excluding hydrogens is 877 g/mol. The molecule has 6 atom stereocenters. The van der Waals surface area contributed by atoms with Gasteiger partial charge in [-0.2, -0.15) is 0 Å². The summed E-state index contributed by atoms with van der Waals surface area (Å²) in [5.74, 6) is 0.352. The average molecular weight is 961 g/mol. The van der Waals surface area contributed by atoms with Crippen molar-refractivity contribution in [1.29, 1.82) is 0 Å². The van der Waals surface area contributed by atoms with Gasteiger partial charge in [-0.15, -0.1) is 0 Å². The lowest BCUT2D eigenvalue weighted by Crippen LogP contribution is -2.48. The smallest absolute Gasteiger partial charge is 0.330 e. The Morgan fingerprint density at radius 3 is 1.57 bits per heavy atom. The van der Waals surface area contributed by atoms with Gasteiger partial charge >= 0.3 is 5.97 Å². The maximum Gasteiger partial charge on any atom is 0.330 e. The van der Waals surface area contributed by atoms with Crippen molar-refractivity contribution in [1.82, 2.24) is 0 Å². The molecule has 0 bridgehead atoms. The molecule has 7 nitrogen and oxygen atoms in total. The van der Waals surface area contributed by atoms with Gasteiger partial charge < -0.3 is 27.8 Å². The van der Waals surface area contributed by atoms with E-state index < -0.39 is 22.2 Å². The third-order valence-electron chi connectivity index (χ3n) is 14.0. The Morgan fingerprint density at radius 1 is 0.618 bits per heavy atom. The summed E-state index contributed by atoms with van der Waals surface area (Å²) in [7, 11) is -2.87. The van der Waals surface area contributed by atoms with Crippen LogP contribution in [0.2, 0.25) is 36.3 Å². The first-order chi connectivity index (χ1) is 32.0. The quantitative estimate of drug-likeness (QED) is 0.0215. The first kappa shape index (κ1) is 56.2. The molecule has 0 aliphatic carbocycles. The second kappa shape index (κ2) is 25.5. The van der Waals surface area contributed by atoms with Crippen LogP contribution in [0, 0.1) is 17.8 Å². The normalized spacial score (nSPS) is 15.9. The van der Waals surface area contributed by atoms with E-state index in [0.29, 0.717) is 26.2 Å². The van der Waals surface area contributed by atoms with Gasteiger partial charge in [0.15, 0.2) is 16.6 Å². The second-order valence-electron chi connectivity index (χ2n) is 21.3. The topological polar surface area (TPSA) is 72.5 Å². The van der Waals surface area contributed by atoms with Gasteiger partial charge in [-0.05, 0) is 83.5 Å². The van der Waals surface area contributed by atoms with Crippen molar-refractivity contribution in [3.8, 4) is 5.75 Å². The summed E-state index contributed by atoms with van der Waals surface area (Å²) >= 11 is 0. The molecule has 370 valence electrons. The molecule has 4 rings (SSSR count). The van der Waals surface area contributed by atoms with E-state index in [1.54, 1.807) is 7.11 Å². The first-order valence-corrected chi connectivity index (χ1v) is 30.5. The van der Waals surface area contributed by atoms with Gasteiger partial charge in [0.1, 0.15) is 11.4 Å².